The summed E-state index contributed by atoms with van der Waals surface area (Å²) in [5.41, 5.74) is 1.85. The van der Waals surface area contributed by atoms with Gasteiger partial charge >= 0.3 is 5.97 Å². The number of aryl methyl sites for hydroxylation is 1. The molecular weight excluding hydrogens is 276 g/mol. The Kier molecular flexibility index (Phi) is 3.43. The van der Waals surface area contributed by atoms with E-state index < -0.39 is 5.97 Å². The van der Waals surface area contributed by atoms with Crippen LogP contribution < -0.4 is 0 Å². The van der Waals surface area contributed by atoms with E-state index in [2.05, 4.69) is 15.3 Å². The molecule has 1 aliphatic rings. The van der Waals surface area contributed by atoms with Crippen LogP contribution in [0.3, 0.4) is 0 Å². The molecule has 2 aromatic rings. The highest BCUT2D eigenvalue weighted by Gasteiger charge is 2.28. The Morgan fingerprint density at radius 2 is 2.25 bits per heavy atom. The number of carbonyl (C=O) groups is 1. The van der Waals surface area contributed by atoms with Gasteiger partial charge in [-0.25, -0.2) is 4.68 Å². The van der Waals surface area contributed by atoms with Crippen LogP contribution in [-0.4, -0.2) is 36.8 Å². The van der Waals surface area contributed by atoms with Gasteiger partial charge in [-0.3, -0.25) is 4.79 Å². The second-order valence-corrected chi connectivity index (χ2v) is 5.80. The summed E-state index contributed by atoms with van der Waals surface area (Å²) < 4.78 is 1.69. The first-order valence-corrected chi connectivity index (χ1v) is 7.37. The van der Waals surface area contributed by atoms with Crippen molar-refractivity contribution < 1.29 is 9.90 Å². The Labute approximate surface area is 120 Å². The van der Waals surface area contributed by atoms with Crippen molar-refractivity contribution in [1.29, 1.82) is 0 Å². The van der Waals surface area contributed by atoms with Crippen LogP contribution in [0.5, 0.6) is 0 Å². The number of thioether (sulfide) groups is 1. The summed E-state index contributed by atoms with van der Waals surface area (Å²) in [4.78, 5) is 10.7. The van der Waals surface area contributed by atoms with Crippen LogP contribution in [0.15, 0.2) is 23.2 Å². The summed E-state index contributed by atoms with van der Waals surface area (Å²) in [6.45, 7) is 1.87. The zero-order valence-corrected chi connectivity index (χ0v) is 11.8. The molecule has 7 heteroatoms. The Morgan fingerprint density at radius 1 is 1.45 bits per heavy atom. The zero-order valence-electron chi connectivity index (χ0n) is 11.0. The van der Waals surface area contributed by atoms with Gasteiger partial charge in [0.15, 0.2) is 5.82 Å². The van der Waals surface area contributed by atoms with Gasteiger partial charge in [0, 0.05) is 5.92 Å². The number of hydrogen-bond acceptors (Lipinski definition) is 5. The molecule has 1 N–H and O–H groups in total. The number of carboxylic acids is 1. The molecule has 2 heterocycles. The van der Waals surface area contributed by atoms with E-state index in [4.69, 9.17) is 5.11 Å². The van der Waals surface area contributed by atoms with E-state index in [0.29, 0.717) is 11.7 Å². The maximum absolute atomic E-state index is 10.7. The van der Waals surface area contributed by atoms with Gasteiger partial charge in [0.2, 0.25) is 0 Å². The van der Waals surface area contributed by atoms with Gasteiger partial charge in [0.25, 0.3) is 0 Å². The average Bonchev–Trinajstić information content (AvgIpc) is 3.18. The monoisotopic (exact) mass is 290 g/mol. The molecule has 104 valence electrons. The molecule has 2 aromatic heterocycles. The van der Waals surface area contributed by atoms with Crippen molar-refractivity contribution >= 4 is 17.7 Å². The number of aliphatic carboxylic acids is 1. The third-order valence-corrected chi connectivity index (χ3v) is 4.01. The highest BCUT2D eigenvalue weighted by Crippen LogP contribution is 2.40. The quantitative estimate of drug-likeness (QED) is 0.849. The largest absolute Gasteiger partial charge is 0.481 e. The molecule has 0 atom stereocenters. The van der Waals surface area contributed by atoms with Crippen LogP contribution in [0.25, 0.3) is 5.82 Å². The van der Waals surface area contributed by atoms with E-state index in [1.54, 1.807) is 4.68 Å². The normalized spacial score (nSPS) is 14.4. The van der Waals surface area contributed by atoms with Crippen LogP contribution >= 0.6 is 11.8 Å². The Bertz CT molecular complexity index is 634. The predicted molar refractivity (Wildman–Crippen MR) is 74.2 cm³/mol. The molecule has 0 aliphatic heterocycles. The van der Waals surface area contributed by atoms with Crippen molar-refractivity contribution in [3.05, 3.63) is 29.6 Å². The average molecular weight is 290 g/mol. The van der Waals surface area contributed by atoms with Crippen LogP contribution in [0.1, 0.15) is 30.1 Å². The lowest BCUT2D eigenvalue weighted by Crippen LogP contribution is -2.05. The van der Waals surface area contributed by atoms with Crippen LogP contribution in [0.4, 0.5) is 0 Å². The first kappa shape index (κ1) is 13.1. The predicted octanol–water partition coefficient (Wildman–Crippen LogP) is 2.02. The third-order valence-electron chi connectivity index (χ3n) is 3.04. The SMILES string of the molecule is Cc1ccc(-n2nc(C3CC3)cc2SCC(=O)O)nn1. The van der Waals surface area contributed by atoms with Crippen molar-refractivity contribution in [2.45, 2.75) is 30.7 Å². The van der Waals surface area contributed by atoms with E-state index in [9.17, 15) is 4.79 Å². The van der Waals surface area contributed by atoms with E-state index in [1.807, 2.05) is 25.1 Å². The molecule has 0 saturated heterocycles. The molecule has 20 heavy (non-hydrogen) atoms. The van der Waals surface area contributed by atoms with E-state index in [-0.39, 0.29) is 5.75 Å². The fraction of sp³-hybridized carbons (Fsp3) is 0.385. The summed E-state index contributed by atoms with van der Waals surface area (Å²) in [6, 6.07) is 5.68. The molecule has 0 amide bonds. The second-order valence-electron chi connectivity index (χ2n) is 4.81. The number of hydrogen-bond donors (Lipinski definition) is 1. The Hall–Kier alpha value is -1.89. The second kappa shape index (κ2) is 5.24. The van der Waals surface area contributed by atoms with E-state index >= 15 is 0 Å². The molecule has 1 saturated carbocycles. The maximum atomic E-state index is 10.7. The Morgan fingerprint density at radius 3 is 2.85 bits per heavy atom. The van der Waals surface area contributed by atoms with Crippen molar-refractivity contribution in [2.24, 2.45) is 0 Å². The lowest BCUT2D eigenvalue weighted by molar-refractivity contribution is -0.133. The molecule has 0 unspecified atom stereocenters. The van der Waals surface area contributed by atoms with Gasteiger partial charge in [0.05, 0.1) is 17.1 Å². The molecule has 0 bridgehead atoms. The van der Waals surface area contributed by atoms with Crippen LogP contribution in [-0.2, 0) is 4.79 Å². The highest BCUT2D eigenvalue weighted by atomic mass is 32.2. The third kappa shape index (κ3) is 2.82. The maximum Gasteiger partial charge on any atom is 0.313 e. The summed E-state index contributed by atoms with van der Waals surface area (Å²) in [6.07, 6.45) is 2.30. The first-order chi connectivity index (χ1) is 9.63. The lowest BCUT2D eigenvalue weighted by atomic mass is 10.3. The lowest BCUT2D eigenvalue weighted by Gasteiger charge is -2.04. The summed E-state index contributed by atoms with van der Waals surface area (Å²) in [5.74, 6) is 0.301. The van der Waals surface area contributed by atoms with Gasteiger partial charge in [-0.05, 0) is 38.0 Å². The van der Waals surface area contributed by atoms with Crippen molar-refractivity contribution in [3.63, 3.8) is 0 Å². The van der Waals surface area contributed by atoms with Gasteiger partial charge < -0.3 is 5.11 Å². The van der Waals surface area contributed by atoms with Crippen molar-refractivity contribution in [2.75, 3.05) is 5.75 Å². The standard InChI is InChI=1S/C13H14N4O2S/c1-8-2-5-11(15-14-8)17-12(20-7-13(18)19)6-10(16-17)9-3-4-9/h2,5-6,9H,3-4,7H2,1H3,(H,18,19). The van der Waals surface area contributed by atoms with Crippen molar-refractivity contribution in [3.8, 4) is 5.82 Å². The number of nitrogens with zero attached hydrogens (tertiary/aromatic N) is 4. The first-order valence-electron chi connectivity index (χ1n) is 6.39. The number of rotatable bonds is 5. The minimum Gasteiger partial charge on any atom is -0.481 e. The van der Waals surface area contributed by atoms with Gasteiger partial charge in [-0.15, -0.1) is 5.10 Å². The number of carboxylic acid groups (broad SMARTS) is 1. The van der Waals surface area contributed by atoms with Gasteiger partial charge in [0.1, 0.15) is 5.03 Å². The van der Waals surface area contributed by atoms with Gasteiger partial charge in [-0.2, -0.15) is 10.2 Å². The molecule has 0 radical (unpaired) electrons. The van der Waals surface area contributed by atoms with Crippen LogP contribution in [0.2, 0.25) is 0 Å². The minimum absolute atomic E-state index is 0.00902. The van der Waals surface area contributed by atoms with Crippen molar-refractivity contribution in [1.82, 2.24) is 20.0 Å². The summed E-state index contributed by atoms with van der Waals surface area (Å²) >= 11 is 1.25. The highest BCUT2D eigenvalue weighted by molar-refractivity contribution is 7.99. The smallest absolute Gasteiger partial charge is 0.313 e. The molecular formula is C13H14N4O2S. The molecule has 0 aromatic carbocycles. The zero-order chi connectivity index (χ0) is 14.1. The molecule has 6 nitrogen and oxygen atoms in total. The molecule has 1 aliphatic carbocycles. The fourth-order valence-electron chi connectivity index (χ4n) is 1.87. The van der Waals surface area contributed by atoms with Gasteiger partial charge in [-0.1, -0.05) is 11.8 Å². The molecule has 3 rings (SSSR count). The molecule has 0 spiro atoms. The van der Waals surface area contributed by atoms with E-state index in [0.717, 1.165) is 29.3 Å². The number of aromatic nitrogens is 4. The minimum atomic E-state index is -0.842. The molecule has 1 fully saturated rings. The van der Waals surface area contributed by atoms with Crippen LogP contribution in [0, 0.1) is 6.92 Å². The summed E-state index contributed by atoms with van der Waals surface area (Å²) in [5, 5.41) is 22.3. The fourth-order valence-corrected chi connectivity index (χ4v) is 2.60. The Balaban J connectivity index is 1.93. The summed E-state index contributed by atoms with van der Waals surface area (Å²) in [7, 11) is 0. The van der Waals surface area contributed by atoms with E-state index in [1.165, 1.54) is 11.8 Å². The topological polar surface area (TPSA) is 80.9 Å².